The topological polar surface area (TPSA) is 63.3 Å². The summed E-state index contributed by atoms with van der Waals surface area (Å²) < 4.78 is 5.22. The molecule has 0 aliphatic heterocycles. The van der Waals surface area contributed by atoms with E-state index in [1.54, 1.807) is 18.2 Å². The van der Waals surface area contributed by atoms with Crippen molar-refractivity contribution in [2.45, 2.75) is 31.1 Å². The molecule has 0 atom stereocenters. The Hall–Kier alpha value is -1.55. The summed E-state index contributed by atoms with van der Waals surface area (Å²) in [6, 6.07) is 5.16. The Morgan fingerprint density at radius 3 is 2.78 bits per heavy atom. The number of benzene rings is 1. The molecule has 1 saturated carbocycles. The lowest BCUT2D eigenvalue weighted by Gasteiger charge is -2.20. The summed E-state index contributed by atoms with van der Waals surface area (Å²) in [5, 5.41) is 14.8. The minimum absolute atomic E-state index is 0.519. The smallest absolute Gasteiger partial charge is 0.315 e. The molecule has 4 nitrogen and oxygen atoms in total. The minimum atomic E-state index is -0.907. The molecule has 94 valence electrons. The highest BCUT2D eigenvalue weighted by Crippen LogP contribution is 2.43. The number of carbonyl (C=O) groups is 1. The molecule has 1 aliphatic rings. The molecule has 0 radical (unpaired) electrons. The largest absolute Gasteiger partial charge is 0.481 e. The third kappa shape index (κ3) is 1.52. The van der Waals surface area contributed by atoms with Crippen LogP contribution in [0.3, 0.4) is 0 Å². The number of nitrogens with zero attached hydrogens (tertiary/aromatic N) is 1. The molecule has 1 fully saturated rings. The van der Waals surface area contributed by atoms with E-state index in [0.717, 1.165) is 12.8 Å². The molecule has 1 aliphatic carbocycles. The van der Waals surface area contributed by atoms with Crippen molar-refractivity contribution >= 4 is 28.5 Å². The number of aliphatic carboxylic acids is 1. The van der Waals surface area contributed by atoms with Gasteiger partial charge in [-0.05, 0) is 31.0 Å². The van der Waals surface area contributed by atoms with Gasteiger partial charge in [-0.3, -0.25) is 4.79 Å². The minimum Gasteiger partial charge on any atom is -0.481 e. The average Bonchev–Trinajstić information content (AvgIpc) is 2.94. The highest BCUT2D eigenvalue weighted by molar-refractivity contribution is 6.31. The van der Waals surface area contributed by atoms with Gasteiger partial charge in [0.1, 0.15) is 11.1 Å². The van der Waals surface area contributed by atoms with Crippen LogP contribution in [-0.2, 0) is 10.2 Å². The van der Waals surface area contributed by atoms with Crippen molar-refractivity contribution in [3.05, 3.63) is 28.9 Å². The lowest BCUT2D eigenvalue weighted by atomic mass is 9.81. The van der Waals surface area contributed by atoms with Gasteiger partial charge in [0.15, 0.2) is 5.58 Å². The van der Waals surface area contributed by atoms with Gasteiger partial charge in [0.05, 0.1) is 0 Å². The van der Waals surface area contributed by atoms with Crippen molar-refractivity contribution in [2.75, 3.05) is 0 Å². The van der Waals surface area contributed by atoms with Crippen LogP contribution in [0.1, 0.15) is 31.4 Å². The first kappa shape index (κ1) is 11.5. The quantitative estimate of drug-likeness (QED) is 0.904. The molecule has 0 bridgehead atoms. The van der Waals surface area contributed by atoms with E-state index in [4.69, 9.17) is 16.1 Å². The van der Waals surface area contributed by atoms with Crippen LogP contribution < -0.4 is 0 Å². The molecule has 1 aromatic heterocycles. The van der Waals surface area contributed by atoms with Crippen LogP contribution in [0.15, 0.2) is 22.7 Å². The van der Waals surface area contributed by atoms with Crippen LogP contribution >= 0.6 is 11.6 Å². The third-order valence-electron chi connectivity index (χ3n) is 3.75. The molecule has 0 unspecified atom stereocenters. The van der Waals surface area contributed by atoms with Gasteiger partial charge in [0.2, 0.25) is 0 Å². The Bertz CT molecular complexity index is 614. The van der Waals surface area contributed by atoms with E-state index in [-0.39, 0.29) is 0 Å². The van der Waals surface area contributed by atoms with Gasteiger partial charge in [0, 0.05) is 10.4 Å². The van der Waals surface area contributed by atoms with Crippen molar-refractivity contribution in [3.63, 3.8) is 0 Å². The van der Waals surface area contributed by atoms with E-state index in [9.17, 15) is 9.90 Å². The maximum Gasteiger partial charge on any atom is 0.315 e. The Balaban J connectivity index is 2.24. The lowest BCUT2D eigenvalue weighted by molar-refractivity contribution is -0.143. The second kappa shape index (κ2) is 3.99. The second-order valence-corrected chi connectivity index (χ2v) is 5.20. The number of hydrogen-bond acceptors (Lipinski definition) is 3. The summed E-state index contributed by atoms with van der Waals surface area (Å²) in [5.74, 6) is -0.824. The highest BCUT2D eigenvalue weighted by atomic mass is 35.5. The molecule has 3 rings (SSSR count). The summed E-state index contributed by atoms with van der Waals surface area (Å²) in [5.41, 5.74) is 0.197. The van der Waals surface area contributed by atoms with Crippen molar-refractivity contribution in [3.8, 4) is 0 Å². The second-order valence-electron chi connectivity index (χ2n) is 4.77. The van der Waals surface area contributed by atoms with Crippen LogP contribution in [0.2, 0.25) is 5.02 Å². The van der Waals surface area contributed by atoms with E-state index in [1.165, 1.54) is 0 Å². The number of rotatable bonds is 2. The maximum absolute atomic E-state index is 11.6. The van der Waals surface area contributed by atoms with Crippen LogP contribution in [0.25, 0.3) is 11.0 Å². The molecule has 0 spiro atoms. The van der Waals surface area contributed by atoms with Gasteiger partial charge in [-0.25, -0.2) is 0 Å². The standard InChI is InChI=1S/C13H12ClNO3/c14-8-3-4-10-9(7-8)11(15-18-10)13(12(16)17)5-1-2-6-13/h3-4,7H,1-2,5-6H2,(H,16,17). The first-order valence-corrected chi connectivity index (χ1v) is 6.30. The summed E-state index contributed by atoms with van der Waals surface area (Å²) in [7, 11) is 0. The third-order valence-corrected chi connectivity index (χ3v) is 3.99. The van der Waals surface area contributed by atoms with Gasteiger partial charge >= 0.3 is 5.97 Å². The normalized spacial score (nSPS) is 18.3. The molecule has 0 amide bonds. The number of halogens is 1. The number of fused-ring (bicyclic) bond motifs is 1. The summed E-state index contributed by atoms with van der Waals surface area (Å²) >= 11 is 5.96. The summed E-state index contributed by atoms with van der Waals surface area (Å²) in [6.07, 6.45) is 3.02. The molecule has 1 aromatic carbocycles. The van der Waals surface area contributed by atoms with Crippen molar-refractivity contribution in [1.82, 2.24) is 5.16 Å². The lowest BCUT2D eigenvalue weighted by Crippen LogP contribution is -2.33. The Labute approximate surface area is 109 Å². The number of carboxylic acids is 1. The fourth-order valence-electron chi connectivity index (χ4n) is 2.79. The van der Waals surface area contributed by atoms with E-state index < -0.39 is 11.4 Å². The van der Waals surface area contributed by atoms with Gasteiger partial charge in [-0.2, -0.15) is 0 Å². The molecule has 1 heterocycles. The zero-order valence-corrected chi connectivity index (χ0v) is 10.4. The van der Waals surface area contributed by atoms with Gasteiger partial charge in [-0.15, -0.1) is 0 Å². The van der Waals surface area contributed by atoms with Crippen LogP contribution in [0.5, 0.6) is 0 Å². The molecule has 18 heavy (non-hydrogen) atoms. The van der Waals surface area contributed by atoms with Crippen LogP contribution in [0, 0.1) is 0 Å². The predicted molar refractivity (Wildman–Crippen MR) is 66.8 cm³/mol. The van der Waals surface area contributed by atoms with Crippen molar-refractivity contribution in [1.29, 1.82) is 0 Å². The molecule has 1 N–H and O–H groups in total. The zero-order chi connectivity index (χ0) is 12.8. The maximum atomic E-state index is 11.6. The summed E-state index contributed by atoms with van der Waals surface area (Å²) in [4.78, 5) is 11.6. The highest BCUT2D eigenvalue weighted by Gasteiger charge is 2.46. The van der Waals surface area contributed by atoms with Gasteiger partial charge in [-0.1, -0.05) is 29.6 Å². The van der Waals surface area contributed by atoms with Crippen LogP contribution in [0.4, 0.5) is 0 Å². The van der Waals surface area contributed by atoms with Crippen molar-refractivity contribution < 1.29 is 14.4 Å². The first-order valence-electron chi connectivity index (χ1n) is 5.92. The molecular formula is C13H12ClNO3. The van der Waals surface area contributed by atoms with E-state index in [0.29, 0.717) is 34.5 Å². The van der Waals surface area contributed by atoms with Gasteiger partial charge in [0.25, 0.3) is 0 Å². The number of carboxylic acid groups (broad SMARTS) is 1. The number of aromatic nitrogens is 1. The molecule has 0 saturated heterocycles. The monoisotopic (exact) mass is 265 g/mol. The average molecular weight is 266 g/mol. The Morgan fingerprint density at radius 2 is 2.11 bits per heavy atom. The van der Waals surface area contributed by atoms with E-state index >= 15 is 0 Å². The van der Waals surface area contributed by atoms with E-state index in [1.807, 2.05) is 0 Å². The Kier molecular flexibility index (Phi) is 2.55. The zero-order valence-electron chi connectivity index (χ0n) is 9.65. The molecule has 2 aromatic rings. The summed E-state index contributed by atoms with van der Waals surface area (Å²) in [6.45, 7) is 0. The fourth-order valence-corrected chi connectivity index (χ4v) is 2.96. The molecular weight excluding hydrogens is 254 g/mol. The number of hydrogen-bond donors (Lipinski definition) is 1. The molecule has 5 heteroatoms. The Morgan fingerprint density at radius 1 is 1.39 bits per heavy atom. The van der Waals surface area contributed by atoms with Crippen molar-refractivity contribution in [2.24, 2.45) is 0 Å². The van der Waals surface area contributed by atoms with Crippen LogP contribution in [-0.4, -0.2) is 16.2 Å². The SMILES string of the molecule is O=C(O)C1(c2noc3ccc(Cl)cc23)CCCC1. The predicted octanol–water partition coefficient (Wildman–Crippen LogP) is 3.38. The first-order chi connectivity index (χ1) is 8.63. The fraction of sp³-hybridized carbons (Fsp3) is 0.385. The van der Waals surface area contributed by atoms with Gasteiger partial charge < -0.3 is 9.63 Å². The van der Waals surface area contributed by atoms with E-state index in [2.05, 4.69) is 5.16 Å².